The van der Waals surface area contributed by atoms with E-state index in [1.165, 1.54) is 17.8 Å². The molecule has 1 aromatic heterocycles. The van der Waals surface area contributed by atoms with E-state index in [-0.39, 0.29) is 18.0 Å². The smallest absolute Gasteiger partial charge is 0.412 e. The molecular weight excluding hydrogens is 507 g/mol. The summed E-state index contributed by atoms with van der Waals surface area (Å²) in [6, 6.07) is 21.4. The summed E-state index contributed by atoms with van der Waals surface area (Å²) in [6.07, 6.45) is -1.34. The number of rotatable bonds is 9. The summed E-state index contributed by atoms with van der Waals surface area (Å²) in [6.45, 7) is 5.43. The van der Waals surface area contributed by atoms with Crippen LogP contribution < -0.4 is 5.32 Å². The molecule has 1 N–H and O–H groups in total. The van der Waals surface area contributed by atoms with Gasteiger partial charge in [0.25, 0.3) is 0 Å². The molecule has 196 valence electrons. The Labute approximate surface area is 224 Å². The van der Waals surface area contributed by atoms with Crippen molar-refractivity contribution in [3.05, 3.63) is 95.4 Å². The van der Waals surface area contributed by atoms with E-state index in [9.17, 15) is 14.0 Å². The second-order valence-electron chi connectivity index (χ2n) is 8.38. The van der Waals surface area contributed by atoms with Gasteiger partial charge in [-0.1, -0.05) is 53.3 Å². The van der Waals surface area contributed by atoms with Gasteiger partial charge in [0, 0.05) is 20.9 Å². The molecule has 0 saturated carbocycles. The van der Waals surface area contributed by atoms with Crippen molar-refractivity contribution in [2.45, 2.75) is 43.1 Å². The van der Waals surface area contributed by atoms with Crippen molar-refractivity contribution in [3.8, 4) is 11.3 Å². The SMILES string of the molecule is CCOC(=O)Cc1ccccc1Sc1ccc(-c2onc(C)c2NC(=O)O[C@H](C)c2ccccc2F)cc1. The lowest BCUT2D eigenvalue weighted by molar-refractivity contribution is -0.142. The first kappa shape index (κ1) is 26.9. The highest BCUT2D eigenvalue weighted by atomic mass is 32.2. The Morgan fingerprint density at radius 3 is 2.50 bits per heavy atom. The van der Waals surface area contributed by atoms with Gasteiger partial charge in [-0.25, -0.2) is 9.18 Å². The lowest BCUT2D eigenvalue weighted by atomic mass is 10.1. The van der Waals surface area contributed by atoms with Crippen LogP contribution in [0.5, 0.6) is 0 Å². The maximum Gasteiger partial charge on any atom is 0.412 e. The summed E-state index contributed by atoms with van der Waals surface area (Å²) in [5, 5.41) is 6.67. The highest BCUT2D eigenvalue weighted by Crippen LogP contribution is 2.35. The number of anilines is 1. The topological polar surface area (TPSA) is 90.7 Å². The third-order valence-electron chi connectivity index (χ3n) is 5.67. The summed E-state index contributed by atoms with van der Waals surface area (Å²) in [7, 11) is 0. The van der Waals surface area contributed by atoms with Crippen molar-refractivity contribution in [2.24, 2.45) is 0 Å². The van der Waals surface area contributed by atoms with Gasteiger partial charge in [0.2, 0.25) is 0 Å². The number of nitrogens with zero attached hydrogens (tertiary/aromatic N) is 1. The first-order valence-corrected chi connectivity index (χ1v) is 12.9. The first-order valence-electron chi connectivity index (χ1n) is 12.1. The fourth-order valence-corrected chi connectivity index (χ4v) is 4.74. The van der Waals surface area contributed by atoms with Crippen molar-refractivity contribution < 1.29 is 28.0 Å². The standard InChI is InChI=1S/C29H27FN2O5S/c1-4-35-26(33)17-21-9-5-8-12-25(21)38-22-15-13-20(14-16-22)28-27(18(2)32-37-28)31-29(34)36-19(3)23-10-6-7-11-24(23)30/h5-16,19H,4,17H2,1-3H3,(H,31,34)/t19-/m1/s1. The average molecular weight is 535 g/mol. The number of carbonyl (C=O) groups excluding carboxylic acids is 2. The van der Waals surface area contributed by atoms with E-state index in [4.69, 9.17) is 14.0 Å². The van der Waals surface area contributed by atoms with Crippen LogP contribution in [0.15, 0.2) is 87.1 Å². The number of benzene rings is 3. The molecule has 4 rings (SSSR count). The number of nitrogens with one attached hydrogen (secondary N) is 1. The highest BCUT2D eigenvalue weighted by molar-refractivity contribution is 7.99. The largest absolute Gasteiger partial charge is 0.466 e. The predicted molar refractivity (Wildman–Crippen MR) is 142 cm³/mol. The van der Waals surface area contributed by atoms with Crippen molar-refractivity contribution in [3.63, 3.8) is 0 Å². The van der Waals surface area contributed by atoms with E-state index in [2.05, 4.69) is 10.5 Å². The zero-order chi connectivity index (χ0) is 27.1. The molecule has 9 heteroatoms. The number of aromatic nitrogens is 1. The third kappa shape index (κ3) is 6.60. The van der Waals surface area contributed by atoms with Gasteiger partial charge in [0.1, 0.15) is 23.3 Å². The fourth-order valence-electron chi connectivity index (χ4n) is 3.79. The summed E-state index contributed by atoms with van der Waals surface area (Å²) in [5.41, 5.74) is 2.72. The van der Waals surface area contributed by atoms with Gasteiger partial charge in [-0.05, 0) is 62.7 Å². The molecule has 1 heterocycles. The Kier molecular flexibility index (Phi) is 8.81. The summed E-state index contributed by atoms with van der Waals surface area (Å²) in [4.78, 5) is 26.5. The normalized spacial score (nSPS) is 11.6. The van der Waals surface area contributed by atoms with Gasteiger partial charge in [-0.3, -0.25) is 10.1 Å². The molecule has 0 unspecified atom stereocenters. The number of hydrogen-bond donors (Lipinski definition) is 1. The third-order valence-corrected chi connectivity index (χ3v) is 6.80. The number of aryl methyl sites for hydroxylation is 1. The van der Waals surface area contributed by atoms with Crippen LogP contribution in [0.25, 0.3) is 11.3 Å². The molecule has 0 saturated heterocycles. The van der Waals surface area contributed by atoms with Crippen molar-refractivity contribution >= 4 is 29.5 Å². The van der Waals surface area contributed by atoms with Crippen LogP contribution in [0.3, 0.4) is 0 Å². The molecule has 3 aromatic carbocycles. The minimum absolute atomic E-state index is 0.201. The Hall–Kier alpha value is -4.11. The van der Waals surface area contributed by atoms with Crippen molar-refractivity contribution in [2.75, 3.05) is 11.9 Å². The fraction of sp³-hybridized carbons (Fsp3) is 0.207. The van der Waals surface area contributed by atoms with Gasteiger partial charge in [-0.2, -0.15) is 0 Å². The van der Waals surface area contributed by atoms with Gasteiger partial charge in [0.05, 0.1) is 13.0 Å². The molecule has 0 radical (unpaired) electrons. The second kappa shape index (κ2) is 12.4. The van der Waals surface area contributed by atoms with Crippen LogP contribution in [0.2, 0.25) is 0 Å². The van der Waals surface area contributed by atoms with Crippen LogP contribution in [0.1, 0.15) is 36.8 Å². The van der Waals surface area contributed by atoms with Crippen molar-refractivity contribution in [1.29, 1.82) is 0 Å². The molecule has 0 fully saturated rings. The van der Waals surface area contributed by atoms with Crippen LogP contribution in [0, 0.1) is 12.7 Å². The second-order valence-corrected chi connectivity index (χ2v) is 9.50. The minimum Gasteiger partial charge on any atom is -0.466 e. The minimum atomic E-state index is -0.789. The molecule has 0 aliphatic carbocycles. The molecular formula is C29H27FN2O5S. The number of esters is 1. The predicted octanol–water partition coefficient (Wildman–Crippen LogP) is 7.36. The Morgan fingerprint density at radius 2 is 1.76 bits per heavy atom. The molecule has 0 aliphatic heterocycles. The maximum absolute atomic E-state index is 14.0. The summed E-state index contributed by atoms with van der Waals surface area (Å²) < 4.78 is 30.0. The maximum atomic E-state index is 14.0. The number of ether oxygens (including phenoxy) is 2. The van der Waals surface area contributed by atoms with Crippen molar-refractivity contribution in [1.82, 2.24) is 5.16 Å². The highest BCUT2D eigenvalue weighted by Gasteiger charge is 2.21. The number of carbonyl (C=O) groups is 2. The quantitative estimate of drug-likeness (QED) is 0.224. The van der Waals surface area contributed by atoms with Gasteiger partial charge in [-0.15, -0.1) is 0 Å². The van der Waals surface area contributed by atoms with Gasteiger partial charge < -0.3 is 14.0 Å². The molecule has 0 bridgehead atoms. The Morgan fingerprint density at radius 1 is 1.05 bits per heavy atom. The van der Waals surface area contributed by atoms with E-state index in [0.29, 0.717) is 29.3 Å². The lowest BCUT2D eigenvalue weighted by Crippen LogP contribution is -2.17. The molecule has 1 atom stereocenters. The van der Waals surface area contributed by atoms with E-state index in [1.807, 2.05) is 48.5 Å². The average Bonchev–Trinajstić information content (AvgIpc) is 3.25. The van der Waals surface area contributed by atoms with E-state index >= 15 is 0 Å². The zero-order valence-corrected chi connectivity index (χ0v) is 22.0. The van der Waals surface area contributed by atoms with Crippen LogP contribution in [-0.2, 0) is 20.7 Å². The molecule has 0 aliphatic rings. The summed E-state index contributed by atoms with van der Waals surface area (Å²) >= 11 is 1.53. The number of hydrogen-bond acceptors (Lipinski definition) is 7. The number of amides is 1. The first-order chi connectivity index (χ1) is 18.4. The van der Waals surface area contributed by atoms with E-state index in [1.54, 1.807) is 39.0 Å². The van der Waals surface area contributed by atoms with E-state index in [0.717, 1.165) is 15.4 Å². The monoisotopic (exact) mass is 534 g/mol. The molecule has 7 nitrogen and oxygen atoms in total. The van der Waals surface area contributed by atoms with Crippen LogP contribution in [-0.4, -0.2) is 23.8 Å². The van der Waals surface area contributed by atoms with E-state index < -0.39 is 18.0 Å². The van der Waals surface area contributed by atoms with Gasteiger partial charge >= 0.3 is 12.1 Å². The Balaban J connectivity index is 1.46. The van der Waals surface area contributed by atoms with Crippen LogP contribution >= 0.6 is 11.8 Å². The zero-order valence-electron chi connectivity index (χ0n) is 21.2. The van der Waals surface area contributed by atoms with Crippen LogP contribution in [0.4, 0.5) is 14.9 Å². The molecule has 38 heavy (non-hydrogen) atoms. The molecule has 1 amide bonds. The molecule has 0 spiro atoms. The number of halogens is 1. The molecule has 4 aromatic rings. The Bertz CT molecular complexity index is 1420. The lowest BCUT2D eigenvalue weighted by Gasteiger charge is -2.15. The summed E-state index contributed by atoms with van der Waals surface area (Å²) in [5.74, 6) is -0.341. The van der Waals surface area contributed by atoms with Gasteiger partial charge in [0.15, 0.2) is 5.76 Å².